The second-order valence-electron chi connectivity index (χ2n) is 3.95. The maximum absolute atomic E-state index is 12.1. The third-order valence-electron chi connectivity index (χ3n) is 2.47. The van der Waals surface area contributed by atoms with Gasteiger partial charge in [-0.25, -0.2) is 13.1 Å². The highest BCUT2D eigenvalue weighted by molar-refractivity contribution is 9.11. The lowest BCUT2D eigenvalue weighted by Gasteiger charge is -2.07. The van der Waals surface area contributed by atoms with Gasteiger partial charge in [0.1, 0.15) is 4.21 Å². The highest BCUT2D eigenvalue weighted by Gasteiger charge is 2.21. The van der Waals surface area contributed by atoms with Crippen LogP contribution in [0.25, 0.3) is 0 Å². The average molecular weight is 439 g/mol. The molecule has 0 aliphatic rings. The summed E-state index contributed by atoms with van der Waals surface area (Å²) in [4.78, 5) is 12.1. The first-order chi connectivity index (χ1) is 9.29. The van der Waals surface area contributed by atoms with Crippen molar-refractivity contribution in [3.8, 4) is 0 Å². The SMILES string of the molecule is Cc1cc(Br)ccc1C(=O)NS(=O)(=O)c1ccc(Br)s1. The second kappa shape index (κ2) is 5.97. The van der Waals surface area contributed by atoms with Crippen molar-refractivity contribution in [1.29, 1.82) is 0 Å². The number of carbonyl (C=O) groups is 1. The number of rotatable bonds is 3. The standard InChI is InChI=1S/C12H9Br2NO3S2/c1-7-6-8(13)2-3-9(7)12(16)15-20(17,18)11-5-4-10(14)19-11/h2-6H,1H3,(H,15,16). The fraction of sp³-hybridized carbons (Fsp3) is 0.0833. The molecule has 2 aromatic rings. The van der Waals surface area contributed by atoms with Crippen LogP contribution in [0.3, 0.4) is 0 Å². The van der Waals surface area contributed by atoms with Crippen LogP contribution in [0.2, 0.25) is 0 Å². The maximum atomic E-state index is 12.1. The van der Waals surface area contributed by atoms with Crippen LogP contribution in [0, 0.1) is 6.92 Å². The number of thiophene rings is 1. The molecule has 2 rings (SSSR count). The number of hydrogen-bond acceptors (Lipinski definition) is 4. The van der Waals surface area contributed by atoms with Crippen molar-refractivity contribution in [3.05, 3.63) is 49.7 Å². The number of aryl methyl sites for hydroxylation is 1. The lowest BCUT2D eigenvalue weighted by atomic mass is 10.1. The molecule has 1 N–H and O–H groups in total. The van der Waals surface area contributed by atoms with Gasteiger partial charge in [-0.15, -0.1) is 11.3 Å². The van der Waals surface area contributed by atoms with E-state index in [1.807, 2.05) is 0 Å². The molecule has 1 aromatic heterocycles. The predicted octanol–water partition coefficient (Wildman–Crippen LogP) is 3.70. The summed E-state index contributed by atoms with van der Waals surface area (Å²) in [6.07, 6.45) is 0. The Kier molecular flexibility index (Phi) is 4.68. The Morgan fingerprint density at radius 1 is 1.20 bits per heavy atom. The van der Waals surface area contributed by atoms with Crippen molar-refractivity contribution < 1.29 is 13.2 Å². The van der Waals surface area contributed by atoms with E-state index in [0.717, 1.165) is 15.8 Å². The van der Waals surface area contributed by atoms with E-state index in [-0.39, 0.29) is 4.21 Å². The zero-order valence-corrected chi connectivity index (χ0v) is 15.0. The van der Waals surface area contributed by atoms with E-state index in [9.17, 15) is 13.2 Å². The molecule has 1 amide bonds. The van der Waals surface area contributed by atoms with Crippen LogP contribution in [-0.4, -0.2) is 14.3 Å². The number of sulfonamides is 1. The lowest BCUT2D eigenvalue weighted by Crippen LogP contribution is -2.30. The van der Waals surface area contributed by atoms with Gasteiger partial charge in [0.15, 0.2) is 0 Å². The molecule has 0 saturated heterocycles. The van der Waals surface area contributed by atoms with E-state index in [1.165, 1.54) is 6.07 Å². The van der Waals surface area contributed by atoms with Crippen molar-refractivity contribution >= 4 is 59.1 Å². The first-order valence-corrected chi connectivity index (χ1v) is 9.27. The molecule has 0 bridgehead atoms. The molecule has 1 aromatic carbocycles. The largest absolute Gasteiger partial charge is 0.273 e. The molecule has 106 valence electrons. The van der Waals surface area contributed by atoms with Gasteiger partial charge in [0.05, 0.1) is 3.79 Å². The van der Waals surface area contributed by atoms with Crippen molar-refractivity contribution in [2.75, 3.05) is 0 Å². The Morgan fingerprint density at radius 3 is 2.45 bits per heavy atom. The zero-order valence-electron chi connectivity index (χ0n) is 10.2. The normalized spacial score (nSPS) is 11.3. The quantitative estimate of drug-likeness (QED) is 0.794. The van der Waals surface area contributed by atoms with Crippen molar-refractivity contribution in [1.82, 2.24) is 4.72 Å². The van der Waals surface area contributed by atoms with Gasteiger partial charge in [-0.1, -0.05) is 15.9 Å². The Bertz CT molecular complexity index is 769. The summed E-state index contributed by atoms with van der Waals surface area (Å²) < 4.78 is 27.8. The molecule has 0 atom stereocenters. The Balaban J connectivity index is 2.27. The zero-order chi connectivity index (χ0) is 14.9. The summed E-state index contributed by atoms with van der Waals surface area (Å²) in [5.74, 6) is -0.639. The lowest BCUT2D eigenvalue weighted by molar-refractivity contribution is 0.0981. The summed E-state index contributed by atoms with van der Waals surface area (Å²) in [7, 11) is -3.84. The van der Waals surface area contributed by atoms with E-state index in [2.05, 4.69) is 36.6 Å². The third kappa shape index (κ3) is 3.49. The van der Waals surface area contributed by atoms with Gasteiger partial charge >= 0.3 is 0 Å². The fourth-order valence-corrected chi connectivity index (χ4v) is 5.00. The summed E-state index contributed by atoms with van der Waals surface area (Å²) >= 11 is 7.53. The topological polar surface area (TPSA) is 63.2 Å². The molecular formula is C12H9Br2NO3S2. The molecule has 8 heteroatoms. The molecule has 1 heterocycles. The van der Waals surface area contributed by atoms with E-state index in [4.69, 9.17) is 0 Å². The number of nitrogens with one attached hydrogen (secondary N) is 1. The minimum absolute atomic E-state index is 0.0903. The van der Waals surface area contributed by atoms with Crippen LogP contribution in [-0.2, 0) is 10.0 Å². The molecule has 4 nitrogen and oxygen atoms in total. The van der Waals surface area contributed by atoms with E-state index < -0.39 is 15.9 Å². The number of amides is 1. The number of carbonyl (C=O) groups excluding carboxylic acids is 1. The monoisotopic (exact) mass is 437 g/mol. The molecule has 0 fully saturated rings. The number of hydrogen-bond donors (Lipinski definition) is 1. The van der Waals surface area contributed by atoms with Crippen molar-refractivity contribution in [2.45, 2.75) is 11.1 Å². The van der Waals surface area contributed by atoms with Gasteiger partial charge in [0, 0.05) is 10.0 Å². The highest BCUT2D eigenvalue weighted by Crippen LogP contribution is 2.26. The first kappa shape index (κ1) is 15.7. The molecule has 0 radical (unpaired) electrons. The Labute approximate surface area is 137 Å². The summed E-state index contributed by atoms with van der Waals surface area (Å²) in [5.41, 5.74) is 1.02. The van der Waals surface area contributed by atoms with Crippen LogP contribution < -0.4 is 4.72 Å². The molecule has 0 aliphatic heterocycles. The fourth-order valence-electron chi connectivity index (χ4n) is 1.55. The molecule has 0 saturated carbocycles. The Morgan fingerprint density at radius 2 is 1.90 bits per heavy atom. The summed E-state index contributed by atoms with van der Waals surface area (Å²) in [5, 5.41) is 0. The molecule has 0 aliphatic carbocycles. The van der Waals surface area contributed by atoms with Crippen LogP contribution >= 0.6 is 43.2 Å². The molecule has 20 heavy (non-hydrogen) atoms. The van der Waals surface area contributed by atoms with Crippen LogP contribution in [0.15, 0.2) is 42.8 Å². The van der Waals surface area contributed by atoms with Gasteiger partial charge in [-0.05, 0) is 58.7 Å². The maximum Gasteiger partial charge on any atom is 0.273 e. The minimum Gasteiger partial charge on any atom is -0.268 e. The summed E-state index contributed by atoms with van der Waals surface area (Å²) in [6, 6.07) is 8.08. The number of benzene rings is 1. The van der Waals surface area contributed by atoms with Gasteiger partial charge in [0.25, 0.3) is 15.9 Å². The first-order valence-electron chi connectivity index (χ1n) is 5.38. The van der Waals surface area contributed by atoms with Gasteiger partial charge in [-0.2, -0.15) is 0 Å². The third-order valence-corrected chi connectivity index (χ3v) is 6.41. The van der Waals surface area contributed by atoms with Gasteiger partial charge in [0.2, 0.25) is 0 Å². The highest BCUT2D eigenvalue weighted by atomic mass is 79.9. The van der Waals surface area contributed by atoms with E-state index in [0.29, 0.717) is 14.9 Å². The molecular weight excluding hydrogens is 430 g/mol. The predicted molar refractivity (Wildman–Crippen MR) is 85.6 cm³/mol. The number of halogens is 2. The minimum atomic E-state index is -3.84. The van der Waals surface area contributed by atoms with Crippen LogP contribution in [0.1, 0.15) is 15.9 Å². The van der Waals surface area contributed by atoms with Gasteiger partial charge in [-0.3, -0.25) is 4.79 Å². The summed E-state index contributed by atoms with van der Waals surface area (Å²) in [6.45, 7) is 1.74. The van der Waals surface area contributed by atoms with Gasteiger partial charge < -0.3 is 0 Å². The average Bonchev–Trinajstić information content (AvgIpc) is 2.75. The Hall–Kier alpha value is -0.700. The molecule has 0 spiro atoms. The second-order valence-corrected chi connectivity index (χ2v) is 9.24. The molecule has 0 unspecified atom stereocenters. The van der Waals surface area contributed by atoms with Crippen LogP contribution in [0.4, 0.5) is 0 Å². The van der Waals surface area contributed by atoms with Crippen LogP contribution in [0.5, 0.6) is 0 Å². The smallest absolute Gasteiger partial charge is 0.268 e. The van der Waals surface area contributed by atoms with Crippen molar-refractivity contribution in [3.63, 3.8) is 0 Å². The van der Waals surface area contributed by atoms with E-state index >= 15 is 0 Å². The van der Waals surface area contributed by atoms with Crippen molar-refractivity contribution in [2.24, 2.45) is 0 Å². The van der Waals surface area contributed by atoms with E-state index in [1.54, 1.807) is 31.2 Å².